The van der Waals surface area contributed by atoms with E-state index in [4.69, 9.17) is 9.47 Å². The van der Waals surface area contributed by atoms with Gasteiger partial charge >= 0.3 is 5.97 Å². The van der Waals surface area contributed by atoms with Crippen LogP contribution < -0.4 is 20.3 Å². The Morgan fingerprint density at radius 3 is 2.67 bits per heavy atom. The maximum Gasteiger partial charge on any atom is 0.305 e. The third-order valence-electron chi connectivity index (χ3n) is 5.70. The number of ether oxygens (including phenoxy) is 3. The number of methoxy groups -OCH3 is 2. The summed E-state index contributed by atoms with van der Waals surface area (Å²) in [6.07, 6.45) is 4.80. The van der Waals surface area contributed by atoms with Gasteiger partial charge in [0.15, 0.2) is 0 Å². The minimum Gasteiger partial charge on any atom is -0.494 e. The fourth-order valence-corrected chi connectivity index (χ4v) is 3.80. The Labute approximate surface area is 208 Å². The molecule has 1 aliphatic heterocycles. The number of benzene rings is 1. The molecule has 1 aromatic carbocycles. The van der Waals surface area contributed by atoms with Gasteiger partial charge in [0.05, 0.1) is 38.6 Å². The van der Waals surface area contributed by atoms with Crippen LogP contribution in [0.2, 0.25) is 0 Å². The molecule has 12 nitrogen and oxygen atoms in total. The number of unbranched alkanes of at least 4 members (excludes halogenated alkanes) is 1. The second-order valence-corrected chi connectivity index (χ2v) is 8.09. The summed E-state index contributed by atoms with van der Waals surface area (Å²) < 4.78 is 15.5. The second-order valence-electron chi connectivity index (χ2n) is 8.09. The van der Waals surface area contributed by atoms with Crippen molar-refractivity contribution < 1.29 is 23.8 Å². The average Bonchev–Trinajstić information content (AvgIpc) is 2.91. The largest absolute Gasteiger partial charge is 0.494 e. The molecule has 36 heavy (non-hydrogen) atoms. The first-order chi connectivity index (χ1) is 17.6. The number of hydrogen-bond acceptors (Lipinski definition) is 11. The van der Waals surface area contributed by atoms with Crippen LogP contribution in [0.3, 0.4) is 0 Å². The molecule has 0 saturated carbocycles. The molecule has 0 aliphatic carbocycles. The van der Waals surface area contributed by atoms with Gasteiger partial charge in [-0.25, -0.2) is 15.0 Å². The summed E-state index contributed by atoms with van der Waals surface area (Å²) in [6.45, 7) is 2.84. The highest BCUT2D eigenvalue weighted by molar-refractivity contribution is 5.99. The van der Waals surface area contributed by atoms with E-state index in [-0.39, 0.29) is 24.7 Å². The maximum absolute atomic E-state index is 12.5. The van der Waals surface area contributed by atoms with Gasteiger partial charge in [0.25, 0.3) is 0 Å². The van der Waals surface area contributed by atoms with Crippen molar-refractivity contribution in [3.63, 3.8) is 0 Å². The zero-order chi connectivity index (χ0) is 25.3. The van der Waals surface area contributed by atoms with Gasteiger partial charge in [-0.05, 0) is 25.0 Å². The van der Waals surface area contributed by atoms with Crippen LogP contribution in [0.25, 0.3) is 10.9 Å². The van der Waals surface area contributed by atoms with Crippen molar-refractivity contribution in [3.8, 4) is 5.75 Å². The fourth-order valence-electron chi connectivity index (χ4n) is 3.80. The van der Waals surface area contributed by atoms with E-state index in [2.05, 4.69) is 40.2 Å². The quantitative estimate of drug-likeness (QED) is 0.317. The smallest absolute Gasteiger partial charge is 0.305 e. The predicted molar refractivity (Wildman–Crippen MR) is 134 cm³/mol. The summed E-state index contributed by atoms with van der Waals surface area (Å²) in [4.78, 5) is 43.6. The molecular weight excluding hydrogens is 466 g/mol. The van der Waals surface area contributed by atoms with E-state index in [1.54, 1.807) is 18.3 Å². The Balaban J connectivity index is 1.51. The summed E-state index contributed by atoms with van der Waals surface area (Å²) in [7, 11) is 2.87. The average molecular weight is 496 g/mol. The Morgan fingerprint density at radius 2 is 1.89 bits per heavy atom. The van der Waals surface area contributed by atoms with E-state index in [0.29, 0.717) is 60.2 Å². The highest BCUT2D eigenvalue weighted by Gasteiger charge is 2.16. The van der Waals surface area contributed by atoms with Crippen molar-refractivity contribution >= 4 is 46.1 Å². The molecular formula is C24H29N7O5. The molecule has 12 heteroatoms. The Kier molecular flexibility index (Phi) is 8.40. The van der Waals surface area contributed by atoms with Gasteiger partial charge in [-0.3, -0.25) is 9.59 Å². The Morgan fingerprint density at radius 1 is 1.08 bits per heavy atom. The molecule has 0 bridgehead atoms. The van der Waals surface area contributed by atoms with E-state index in [0.717, 1.165) is 18.9 Å². The van der Waals surface area contributed by atoms with Crippen molar-refractivity contribution in [1.82, 2.24) is 19.9 Å². The number of rotatable bonds is 10. The summed E-state index contributed by atoms with van der Waals surface area (Å²) in [5.74, 6) is 1.69. The molecule has 190 valence electrons. The van der Waals surface area contributed by atoms with Crippen molar-refractivity contribution in [3.05, 3.63) is 30.7 Å². The van der Waals surface area contributed by atoms with Gasteiger partial charge in [-0.1, -0.05) is 0 Å². The second kappa shape index (κ2) is 12.1. The maximum atomic E-state index is 12.5. The standard InChI is InChI=1S/C24H29N7O5/c1-34-19-14-17-16(13-18(19)28-21(32)5-3-4-6-22(33)35-2)23(27-15-26-17)30-24-25-8-7-20(29-24)31-9-11-36-12-10-31/h7-8,13-15H,3-6,9-12H2,1-2H3,(H,28,32)(H,25,26,27,29,30). The molecule has 1 fully saturated rings. The number of anilines is 4. The lowest BCUT2D eigenvalue weighted by Crippen LogP contribution is -2.36. The summed E-state index contributed by atoms with van der Waals surface area (Å²) in [6, 6.07) is 5.35. The van der Waals surface area contributed by atoms with Crippen LogP contribution in [-0.4, -0.2) is 72.3 Å². The van der Waals surface area contributed by atoms with Crippen molar-refractivity contribution in [2.24, 2.45) is 0 Å². The van der Waals surface area contributed by atoms with Crippen LogP contribution in [0.1, 0.15) is 25.7 Å². The van der Waals surface area contributed by atoms with E-state index in [1.807, 2.05) is 6.07 Å². The Hall–Kier alpha value is -4.06. The number of esters is 1. The molecule has 1 aliphatic rings. The summed E-state index contributed by atoms with van der Waals surface area (Å²) >= 11 is 0. The number of hydrogen-bond donors (Lipinski definition) is 2. The van der Waals surface area contributed by atoms with Crippen LogP contribution in [0.4, 0.5) is 23.3 Å². The van der Waals surface area contributed by atoms with Gasteiger partial charge in [0.2, 0.25) is 11.9 Å². The van der Waals surface area contributed by atoms with E-state index in [1.165, 1.54) is 20.5 Å². The van der Waals surface area contributed by atoms with Crippen LogP contribution in [-0.2, 0) is 19.1 Å². The van der Waals surface area contributed by atoms with Gasteiger partial charge in [0, 0.05) is 43.6 Å². The van der Waals surface area contributed by atoms with Crippen molar-refractivity contribution in [2.45, 2.75) is 25.7 Å². The topological polar surface area (TPSA) is 141 Å². The number of morpholine rings is 1. The minimum absolute atomic E-state index is 0.189. The van der Waals surface area contributed by atoms with Gasteiger partial charge < -0.3 is 29.7 Å². The molecule has 1 saturated heterocycles. The molecule has 0 atom stereocenters. The first-order valence-corrected chi connectivity index (χ1v) is 11.7. The molecule has 3 heterocycles. The number of nitrogens with one attached hydrogen (secondary N) is 2. The third kappa shape index (κ3) is 6.33. The van der Waals surface area contributed by atoms with Crippen LogP contribution in [0.5, 0.6) is 5.75 Å². The van der Waals surface area contributed by atoms with E-state index in [9.17, 15) is 9.59 Å². The molecule has 2 N–H and O–H groups in total. The lowest BCUT2D eigenvalue weighted by Gasteiger charge is -2.27. The van der Waals surface area contributed by atoms with Crippen LogP contribution in [0.15, 0.2) is 30.7 Å². The Bertz CT molecular complexity index is 1220. The van der Waals surface area contributed by atoms with Crippen LogP contribution >= 0.6 is 0 Å². The van der Waals surface area contributed by atoms with Gasteiger partial charge in [0.1, 0.15) is 23.7 Å². The first-order valence-electron chi connectivity index (χ1n) is 11.7. The fraction of sp³-hybridized carbons (Fsp3) is 0.417. The van der Waals surface area contributed by atoms with Crippen molar-refractivity contribution in [2.75, 3.05) is 56.1 Å². The number of carbonyl (C=O) groups excluding carboxylic acids is 2. The third-order valence-corrected chi connectivity index (χ3v) is 5.70. The highest BCUT2D eigenvalue weighted by atomic mass is 16.5. The van der Waals surface area contributed by atoms with Crippen molar-refractivity contribution in [1.29, 1.82) is 0 Å². The number of amides is 1. The molecule has 2 aromatic heterocycles. The molecule has 3 aromatic rings. The highest BCUT2D eigenvalue weighted by Crippen LogP contribution is 2.33. The first kappa shape index (κ1) is 25.0. The zero-order valence-electron chi connectivity index (χ0n) is 20.3. The number of nitrogens with zero attached hydrogens (tertiary/aromatic N) is 5. The number of carbonyl (C=O) groups is 2. The minimum atomic E-state index is -0.286. The molecule has 0 unspecified atom stereocenters. The zero-order valence-corrected chi connectivity index (χ0v) is 20.3. The SMILES string of the molecule is COC(=O)CCCCC(=O)Nc1cc2c(Nc3nccc(N4CCOCC4)n3)ncnc2cc1OC. The van der Waals surface area contributed by atoms with E-state index >= 15 is 0 Å². The summed E-state index contributed by atoms with van der Waals surface area (Å²) in [5.41, 5.74) is 1.12. The van der Waals surface area contributed by atoms with Gasteiger partial charge in [-0.2, -0.15) is 4.98 Å². The van der Waals surface area contributed by atoms with Crippen LogP contribution in [0, 0.1) is 0 Å². The lowest BCUT2D eigenvalue weighted by molar-refractivity contribution is -0.140. The number of fused-ring (bicyclic) bond motifs is 1. The molecule has 0 radical (unpaired) electrons. The monoisotopic (exact) mass is 495 g/mol. The van der Waals surface area contributed by atoms with Gasteiger partial charge in [-0.15, -0.1) is 0 Å². The predicted octanol–water partition coefficient (Wildman–Crippen LogP) is 2.68. The normalized spacial score (nSPS) is 13.3. The molecule has 0 spiro atoms. The number of aromatic nitrogens is 4. The van der Waals surface area contributed by atoms with E-state index < -0.39 is 0 Å². The molecule has 4 rings (SSSR count). The molecule has 1 amide bonds. The summed E-state index contributed by atoms with van der Waals surface area (Å²) in [5, 5.41) is 6.73. The lowest BCUT2D eigenvalue weighted by atomic mass is 10.1.